The van der Waals surface area contributed by atoms with Crippen molar-refractivity contribution in [3.63, 3.8) is 0 Å². The van der Waals surface area contributed by atoms with E-state index in [0.717, 1.165) is 0 Å². The number of hydrogen-bond acceptors (Lipinski definition) is 0. The molecule has 0 aromatic heterocycles. The van der Waals surface area contributed by atoms with Gasteiger partial charge in [-0.15, -0.1) is 0 Å². The lowest BCUT2D eigenvalue weighted by atomic mass is 9.80. The van der Waals surface area contributed by atoms with Crippen molar-refractivity contribution in [2.24, 2.45) is 0 Å². The molecule has 49 heavy (non-hydrogen) atoms. The van der Waals surface area contributed by atoms with Gasteiger partial charge in [0, 0.05) is 5.41 Å². The molecule has 9 aromatic rings. The highest BCUT2D eigenvalue weighted by molar-refractivity contribution is 6.21. The third-order valence-corrected chi connectivity index (χ3v) is 11.0. The first-order valence-corrected chi connectivity index (χ1v) is 17.3. The predicted octanol–water partition coefficient (Wildman–Crippen LogP) is 13.6. The van der Waals surface area contributed by atoms with Gasteiger partial charge in [0.05, 0.1) is 0 Å². The SMILES string of the molecule is CC1(C)c2cc(-c3ccccc3-c3ccccc3-c3c4ccccc4cc4c3ccc3ccccc34)ccc2-c2cc3ccccc3cc21. The maximum Gasteiger partial charge on any atom is 0.0159 e. The standard InChI is InChI=1S/C49H34/c1-49(2)46-30-35(24-25-41(46)45-27-32-14-3-4-15-33(32)29-47(45)49)37-18-9-10-20-39(37)40-21-11-12-22-42(40)48-38-19-8-6-16-34(38)28-44-36-17-7-5-13-31(36)23-26-43(44)48/h3-30H,1-2H3. The fraction of sp³-hybridized carbons (Fsp3) is 0.0612. The van der Waals surface area contributed by atoms with Crippen molar-refractivity contribution in [2.45, 2.75) is 19.3 Å². The molecule has 0 fully saturated rings. The second kappa shape index (κ2) is 10.5. The van der Waals surface area contributed by atoms with Gasteiger partial charge in [-0.05, 0) is 123 Å². The number of benzene rings is 9. The topological polar surface area (TPSA) is 0 Å². The minimum Gasteiger partial charge on any atom is -0.0616 e. The summed E-state index contributed by atoms with van der Waals surface area (Å²) in [6, 6.07) is 63.2. The van der Waals surface area contributed by atoms with Crippen molar-refractivity contribution in [1.29, 1.82) is 0 Å². The van der Waals surface area contributed by atoms with Gasteiger partial charge in [-0.25, -0.2) is 0 Å². The van der Waals surface area contributed by atoms with Crippen LogP contribution in [0.25, 0.3) is 87.6 Å². The maximum atomic E-state index is 2.46. The zero-order chi connectivity index (χ0) is 32.7. The maximum absolute atomic E-state index is 2.46. The van der Waals surface area contributed by atoms with Crippen LogP contribution in [-0.2, 0) is 5.41 Å². The van der Waals surface area contributed by atoms with Gasteiger partial charge < -0.3 is 0 Å². The van der Waals surface area contributed by atoms with Crippen LogP contribution >= 0.6 is 0 Å². The average Bonchev–Trinajstić information content (AvgIpc) is 3.37. The van der Waals surface area contributed by atoms with Crippen molar-refractivity contribution in [2.75, 3.05) is 0 Å². The minimum absolute atomic E-state index is 0.0950. The molecule has 0 heterocycles. The van der Waals surface area contributed by atoms with Crippen LogP contribution in [0.2, 0.25) is 0 Å². The van der Waals surface area contributed by atoms with Gasteiger partial charge in [-0.3, -0.25) is 0 Å². The number of rotatable bonds is 3. The normalized spacial score (nSPS) is 13.3. The highest BCUT2D eigenvalue weighted by Crippen LogP contribution is 2.52. The third-order valence-electron chi connectivity index (χ3n) is 11.0. The van der Waals surface area contributed by atoms with Gasteiger partial charge in [-0.1, -0.05) is 159 Å². The van der Waals surface area contributed by atoms with Gasteiger partial charge in [0.25, 0.3) is 0 Å². The summed E-state index contributed by atoms with van der Waals surface area (Å²) in [5.41, 5.74) is 13.0. The molecular weight excluding hydrogens is 589 g/mol. The fourth-order valence-corrected chi connectivity index (χ4v) is 8.61. The molecule has 0 saturated heterocycles. The number of fused-ring (bicyclic) bond motifs is 8. The van der Waals surface area contributed by atoms with E-state index < -0.39 is 0 Å². The van der Waals surface area contributed by atoms with E-state index in [2.05, 4.69) is 184 Å². The highest BCUT2D eigenvalue weighted by atomic mass is 14.4. The summed E-state index contributed by atoms with van der Waals surface area (Å²) in [7, 11) is 0. The van der Waals surface area contributed by atoms with Crippen LogP contribution in [0.4, 0.5) is 0 Å². The first-order chi connectivity index (χ1) is 24.1. The van der Waals surface area contributed by atoms with E-state index in [1.54, 1.807) is 0 Å². The van der Waals surface area contributed by atoms with Crippen LogP contribution in [0.5, 0.6) is 0 Å². The molecule has 1 aliphatic rings. The first kappa shape index (κ1) is 28.1. The quantitative estimate of drug-likeness (QED) is 0.136. The van der Waals surface area contributed by atoms with E-state index >= 15 is 0 Å². The summed E-state index contributed by atoms with van der Waals surface area (Å²) in [6.07, 6.45) is 0. The zero-order valence-electron chi connectivity index (χ0n) is 27.7. The van der Waals surface area contributed by atoms with Gasteiger partial charge >= 0.3 is 0 Å². The summed E-state index contributed by atoms with van der Waals surface area (Å²) >= 11 is 0. The van der Waals surface area contributed by atoms with E-state index in [1.165, 1.54) is 98.7 Å². The van der Waals surface area contributed by atoms with E-state index in [1.807, 2.05) is 0 Å². The first-order valence-electron chi connectivity index (χ1n) is 17.3. The third kappa shape index (κ3) is 4.17. The summed E-state index contributed by atoms with van der Waals surface area (Å²) in [5.74, 6) is 0. The summed E-state index contributed by atoms with van der Waals surface area (Å²) in [6.45, 7) is 4.76. The van der Waals surface area contributed by atoms with Crippen molar-refractivity contribution in [1.82, 2.24) is 0 Å². The van der Waals surface area contributed by atoms with Gasteiger partial charge in [0.15, 0.2) is 0 Å². The average molecular weight is 623 g/mol. The lowest BCUT2D eigenvalue weighted by Crippen LogP contribution is -2.15. The molecule has 10 rings (SSSR count). The molecule has 0 atom stereocenters. The van der Waals surface area contributed by atoms with Crippen LogP contribution in [0.3, 0.4) is 0 Å². The van der Waals surface area contributed by atoms with Crippen molar-refractivity contribution >= 4 is 43.1 Å². The smallest absolute Gasteiger partial charge is 0.0159 e. The molecule has 0 unspecified atom stereocenters. The molecule has 230 valence electrons. The van der Waals surface area contributed by atoms with Crippen LogP contribution in [0.15, 0.2) is 170 Å². The molecule has 0 spiro atoms. The summed E-state index contributed by atoms with van der Waals surface area (Å²) in [4.78, 5) is 0. The van der Waals surface area contributed by atoms with E-state index in [-0.39, 0.29) is 5.41 Å². The van der Waals surface area contributed by atoms with Gasteiger partial charge in [0.2, 0.25) is 0 Å². The Labute approximate surface area is 286 Å². The molecule has 0 amide bonds. The number of hydrogen-bond donors (Lipinski definition) is 0. The monoisotopic (exact) mass is 622 g/mol. The van der Waals surface area contributed by atoms with Crippen LogP contribution in [-0.4, -0.2) is 0 Å². The van der Waals surface area contributed by atoms with E-state index in [0.29, 0.717) is 0 Å². The van der Waals surface area contributed by atoms with Gasteiger partial charge in [0.1, 0.15) is 0 Å². The fourth-order valence-electron chi connectivity index (χ4n) is 8.61. The van der Waals surface area contributed by atoms with E-state index in [4.69, 9.17) is 0 Å². The van der Waals surface area contributed by atoms with Crippen LogP contribution in [0, 0.1) is 0 Å². The molecule has 9 aromatic carbocycles. The Hall–Kier alpha value is -5.98. The molecule has 0 aliphatic heterocycles. The summed E-state index contributed by atoms with van der Waals surface area (Å²) < 4.78 is 0. The Morgan fingerprint density at radius 1 is 0.306 bits per heavy atom. The zero-order valence-corrected chi connectivity index (χ0v) is 27.7. The molecule has 0 bridgehead atoms. The second-order valence-electron chi connectivity index (χ2n) is 14.1. The van der Waals surface area contributed by atoms with Crippen molar-refractivity contribution in [3.8, 4) is 44.5 Å². The highest BCUT2D eigenvalue weighted by Gasteiger charge is 2.36. The molecule has 1 aliphatic carbocycles. The molecular formula is C49H34. The Morgan fingerprint density at radius 3 is 1.65 bits per heavy atom. The molecule has 0 N–H and O–H groups in total. The molecule has 0 heteroatoms. The lowest BCUT2D eigenvalue weighted by molar-refractivity contribution is 0.661. The van der Waals surface area contributed by atoms with Crippen LogP contribution < -0.4 is 0 Å². The van der Waals surface area contributed by atoms with Crippen molar-refractivity contribution in [3.05, 3.63) is 181 Å². The minimum atomic E-state index is -0.0950. The predicted molar refractivity (Wildman–Crippen MR) is 210 cm³/mol. The molecule has 0 nitrogen and oxygen atoms in total. The summed E-state index contributed by atoms with van der Waals surface area (Å²) in [5, 5.41) is 10.3. The second-order valence-corrected chi connectivity index (χ2v) is 14.1. The van der Waals surface area contributed by atoms with Crippen LogP contribution in [0.1, 0.15) is 25.0 Å². The lowest BCUT2D eigenvalue weighted by Gasteiger charge is -2.23. The van der Waals surface area contributed by atoms with Gasteiger partial charge in [-0.2, -0.15) is 0 Å². The largest absolute Gasteiger partial charge is 0.0616 e. The van der Waals surface area contributed by atoms with Crippen molar-refractivity contribution < 1.29 is 0 Å². The Morgan fingerprint density at radius 2 is 0.878 bits per heavy atom. The Kier molecular flexibility index (Phi) is 6.02. The Bertz CT molecular complexity index is 2800. The molecule has 0 saturated carbocycles. The van der Waals surface area contributed by atoms with E-state index in [9.17, 15) is 0 Å². The Balaban J connectivity index is 1.19. The molecule has 0 radical (unpaired) electrons.